The molecule has 1 heterocycles. The fraction of sp³-hybridized carbons (Fsp3) is 0.667. The van der Waals surface area contributed by atoms with Gasteiger partial charge in [0.15, 0.2) is 0 Å². The Hall–Kier alpha value is -1.90. The molecule has 2 atom stereocenters. The van der Waals surface area contributed by atoms with Crippen molar-refractivity contribution in [3.63, 3.8) is 0 Å². The third-order valence-corrected chi connectivity index (χ3v) is 4.93. The van der Waals surface area contributed by atoms with E-state index in [1.807, 2.05) is 0 Å². The van der Waals surface area contributed by atoms with Crippen LogP contribution in [0.1, 0.15) is 38.5 Å². The zero-order chi connectivity index (χ0) is 18.9. The van der Waals surface area contributed by atoms with Crippen molar-refractivity contribution in [3.8, 4) is 0 Å². The molecule has 2 rings (SSSR count). The average molecular weight is 366 g/mol. The molecule has 1 aliphatic heterocycles. The third-order valence-electron chi connectivity index (χ3n) is 4.93. The topological polar surface area (TPSA) is 125 Å². The van der Waals surface area contributed by atoms with E-state index < -0.39 is 4.92 Å². The summed E-state index contributed by atoms with van der Waals surface area (Å²) < 4.78 is 0. The van der Waals surface area contributed by atoms with Gasteiger partial charge in [0.1, 0.15) is 5.69 Å². The second-order valence-electron chi connectivity index (χ2n) is 6.93. The monoisotopic (exact) mass is 366 g/mol. The van der Waals surface area contributed by atoms with Crippen molar-refractivity contribution < 1.29 is 15.1 Å². The van der Waals surface area contributed by atoms with E-state index in [-0.39, 0.29) is 24.4 Å². The molecule has 1 fully saturated rings. The number of anilines is 2. The molecule has 0 aromatic heterocycles. The number of benzene rings is 1. The van der Waals surface area contributed by atoms with Gasteiger partial charge in [-0.3, -0.25) is 15.0 Å². The van der Waals surface area contributed by atoms with E-state index in [0.717, 1.165) is 45.2 Å². The molecule has 5 N–H and O–H groups in total. The lowest BCUT2D eigenvalue weighted by atomic mass is 9.99. The predicted octanol–water partition coefficient (Wildman–Crippen LogP) is 1.97. The van der Waals surface area contributed by atoms with E-state index in [4.69, 9.17) is 5.73 Å². The summed E-state index contributed by atoms with van der Waals surface area (Å²) in [5.41, 5.74) is 6.49. The number of nitro benzene ring substituents is 1. The maximum absolute atomic E-state index is 11.0. The summed E-state index contributed by atoms with van der Waals surface area (Å²) in [6.07, 6.45) is 5.24. The van der Waals surface area contributed by atoms with Gasteiger partial charge in [0, 0.05) is 30.9 Å². The summed E-state index contributed by atoms with van der Waals surface area (Å²) in [4.78, 5) is 12.9. The van der Waals surface area contributed by atoms with Crippen molar-refractivity contribution in [2.75, 3.05) is 37.3 Å². The van der Waals surface area contributed by atoms with Gasteiger partial charge in [0.2, 0.25) is 0 Å². The van der Waals surface area contributed by atoms with E-state index in [2.05, 4.69) is 10.2 Å². The second-order valence-corrected chi connectivity index (χ2v) is 6.93. The van der Waals surface area contributed by atoms with E-state index in [1.54, 1.807) is 12.1 Å². The minimum absolute atomic E-state index is 0.00679. The summed E-state index contributed by atoms with van der Waals surface area (Å²) in [7, 11) is 0. The SMILES string of the molecule is Nc1ccc(NCCCCCCN2CC[C@@H](O)C[C@H]2CO)c([N+](=O)[O-])c1. The number of hydrogen-bond acceptors (Lipinski definition) is 7. The van der Waals surface area contributed by atoms with E-state index in [9.17, 15) is 20.3 Å². The zero-order valence-electron chi connectivity index (χ0n) is 15.1. The van der Waals surface area contributed by atoms with Crippen LogP contribution in [-0.2, 0) is 0 Å². The Labute approximate surface area is 154 Å². The van der Waals surface area contributed by atoms with Gasteiger partial charge >= 0.3 is 0 Å². The number of nitrogens with zero attached hydrogens (tertiary/aromatic N) is 2. The van der Waals surface area contributed by atoms with Crippen LogP contribution in [0.3, 0.4) is 0 Å². The Morgan fingerprint density at radius 3 is 2.81 bits per heavy atom. The maximum atomic E-state index is 11.0. The van der Waals surface area contributed by atoms with Crippen LogP contribution < -0.4 is 11.1 Å². The first-order chi connectivity index (χ1) is 12.5. The molecule has 8 nitrogen and oxygen atoms in total. The minimum Gasteiger partial charge on any atom is -0.399 e. The van der Waals surface area contributed by atoms with Gasteiger partial charge in [-0.1, -0.05) is 12.8 Å². The maximum Gasteiger partial charge on any atom is 0.294 e. The molecule has 0 bridgehead atoms. The van der Waals surface area contributed by atoms with Crippen LogP contribution >= 0.6 is 0 Å². The Bertz CT molecular complexity index is 584. The van der Waals surface area contributed by atoms with Crippen LogP contribution in [-0.4, -0.2) is 58.4 Å². The molecule has 0 aliphatic carbocycles. The molecule has 1 aromatic carbocycles. The van der Waals surface area contributed by atoms with Gasteiger partial charge in [-0.05, 0) is 44.4 Å². The molecule has 1 saturated heterocycles. The average Bonchev–Trinajstić information content (AvgIpc) is 2.62. The fourth-order valence-corrected chi connectivity index (χ4v) is 3.43. The van der Waals surface area contributed by atoms with Crippen LogP contribution in [0.25, 0.3) is 0 Å². The molecular formula is C18H30N4O4. The number of piperidine rings is 1. The molecule has 0 spiro atoms. The largest absolute Gasteiger partial charge is 0.399 e. The number of nitrogen functional groups attached to an aromatic ring is 1. The first kappa shape index (κ1) is 20.4. The lowest BCUT2D eigenvalue weighted by molar-refractivity contribution is -0.383. The van der Waals surface area contributed by atoms with Crippen molar-refractivity contribution in [3.05, 3.63) is 28.3 Å². The predicted molar refractivity (Wildman–Crippen MR) is 102 cm³/mol. The van der Waals surface area contributed by atoms with Crippen LogP contribution in [0, 0.1) is 10.1 Å². The number of nitrogens with one attached hydrogen (secondary N) is 1. The van der Waals surface area contributed by atoms with Gasteiger partial charge in [-0.25, -0.2) is 0 Å². The fourth-order valence-electron chi connectivity index (χ4n) is 3.43. The highest BCUT2D eigenvalue weighted by Gasteiger charge is 2.26. The van der Waals surface area contributed by atoms with Gasteiger partial charge < -0.3 is 21.3 Å². The first-order valence-corrected chi connectivity index (χ1v) is 9.32. The van der Waals surface area contributed by atoms with Crippen LogP contribution in [0.5, 0.6) is 0 Å². The second kappa shape index (κ2) is 10.3. The summed E-state index contributed by atoms with van der Waals surface area (Å²) >= 11 is 0. The molecule has 146 valence electrons. The molecule has 0 radical (unpaired) electrons. The summed E-state index contributed by atoms with van der Waals surface area (Å²) in [6.45, 7) is 2.56. The van der Waals surface area contributed by atoms with Crippen molar-refractivity contribution in [1.82, 2.24) is 4.90 Å². The van der Waals surface area contributed by atoms with Crippen LogP contribution in [0.15, 0.2) is 18.2 Å². The van der Waals surface area contributed by atoms with Crippen molar-refractivity contribution in [2.45, 2.75) is 50.7 Å². The Morgan fingerprint density at radius 1 is 1.31 bits per heavy atom. The molecule has 0 unspecified atom stereocenters. The number of hydrogen-bond donors (Lipinski definition) is 4. The third kappa shape index (κ3) is 6.12. The lowest BCUT2D eigenvalue weighted by Gasteiger charge is -2.36. The van der Waals surface area contributed by atoms with Crippen molar-refractivity contribution in [1.29, 1.82) is 0 Å². The van der Waals surface area contributed by atoms with E-state index >= 15 is 0 Å². The highest BCUT2D eigenvalue weighted by Crippen LogP contribution is 2.26. The number of nitro groups is 1. The normalized spacial score (nSPS) is 20.8. The summed E-state index contributed by atoms with van der Waals surface area (Å²) in [6, 6.07) is 4.75. The van der Waals surface area contributed by atoms with Gasteiger partial charge in [-0.15, -0.1) is 0 Å². The quantitative estimate of drug-likeness (QED) is 0.216. The van der Waals surface area contributed by atoms with Gasteiger partial charge in [0.25, 0.3) is 5.69 Å². The zero-order valence-corrected chi connectivity index (χ0v) is 15.1. The van der Waals surface area contributed by atoms with Crippen LogP contribution in [0.2, 0.25) is 0 Å². The number of aliphatic hydroxyl groups is 2. The molecule has 0 amide bonds. The smallest absolute Gasteiger partial charge is 0.294 e. The number of likely N-dealkylation sites (tertiary alicyclic amines) is 1. The Morgan fingerprint density at radius 2 is 2.08 bits per heavy atom. The van der Waals surface area contributed by atoms with E-state index in [1.165, 1.54) is 6.07 Å². The first-order valence-electron chi connectivity index (χ1n) is 9.32. The number of aliphatic hydroxyl groups excluding tert-OH is 2. The summed E-state index contributed by atoms with van der Waals surface area (Å²) in [5.74, 6) is 0. The Kier molecular flexibility index (Phi) is 8.08. The molecule has 8 heteroatoms. The number of unbranched alkanes of at least 4 members (excludes halogenated alkanes) is 3. The highest BCUT2D eigenvalue weighted by molar-refractivity contribution is 5.66. The standard InChI is InChI=1S/C18H30N4O4/c19-14-5-6-17(18(11-14)22(25)26)20-8-3-1-2-4-9-21-10-7-16(24)12-15(21)13-23/h5-6,11,15-16,20,23-24H,1-4,7-10,12-13,19H2/t15-,16+/m0/s1. The number of rotatable bonds is 10. The minimum atomic E-state index is -0.425. The van der Waals surface area contributed by atoms with Crippen LogP contribution in [0.4, 0.5) is 17.1 Å². The van der Waals surface area contributed by atoms with Gasteiger partial charge in [0.05, 0.1) is 17.6 Å². The molecule has 1 aromatic rings. The van der Waals surface area contributed by atoms with E-state index in [0.29, 0.717) is 24.3 Å². The summed E-state index contributed by atoms with van der Waals surface area (Å²) in [5, 5.41) is 33.2. The van der Waals surface area contributed by atoms with Gasteiger partial charge in [-0.2, -0.15) is 0 Å². The number of nitrogens with two attached hydrogens (primary N) is 1. The molecular weight excluding hydrogens is 336 g/mol. The highest BCUT2D eigenvalue weighted by atomic mass is 16.6. The van der Waals surface area contributed by atoms with Crippen molar-refractivity contribution >= 4 is 17.1 Å². The van der Waals surface area contributed by atoms with Crippen molar-refractivity contribution in [2.24, 2.45) is 0 Å². The molecule has 0 saturated carbocycles. The Balaban J connectivity index is 1.62. The molecule has 1 aliphatic rings. The lowest BCUT2D eigenvalue weighted by Crippen LogP contribution is -2.46. The molecule has 26 heavy (non-hydrogen) atoms.